The highest BCUT2D eigenvalue weighted by molar-refractivity contribution is 7.13. The molecule has 0 bridgehead atoms. The van der Waals surface area contributed by atoms with Crippen LogP contribution >= 0.6 is 23.7 Å². The zero-order valence-corrected chi connectivity index (χ0v) is 13.2. The van der Waals surface area contributed by atoms with Gasteiger partial charge in [-0.25, -0.2) is 0 Å². The molecule has 0 spiro atoms. The Balaban J connectivity index is 0.00000220. The van der Waals surface area contributed by atoms with Gasteiger partial charge in [0, 0.05) is 37.7 Å². The van der Waals surface area contributed by atoms with Crippen LogP contribution in [-0.2, 0) is 4.74 Å². The molecular weight excluding hydrogens is 318 g/mol. The fraction of sp³-hybridized carbons (Fsp3) is 0.583. The maximum Gasteiger partial charge on any atom is 0.324 e. The number of ether oxygens (including phenoxy) is 1. The summed E-state index contributed by atoms with van der Waals surface area (Å²) in [5, 5.41) is 12.2. The predicted molar refractivity (Wildman–Crippen MR) is 82.1 cm³/mol. The summed E-state index contributed by atoms with van der Waals surface area (Å²) < 4.78 is 5.31. The number of carbonyl (C=O) groups is 1. The van der Waals surface area contributed by atoms with Gasteiger partial charge in [-0.1, -0.05) is 11.3 Å². The Kier molecular flexibility index (Phi) is 6.53. The summed E-state index contributed by atoms with van der Waals surface area (Å²) in [6.45, 7) is 0.917. The first-order valence-corrected chi connectivity index (χ1v) is 7.21. The predicted octanol–water partition coefficient (Wildman–Crippen LogP) is 1.66. The number of nitrogens with two attached hydrogens (primary N) is 1. The van der Waals surface area contributed by atoms with Crippen molar-refractivity contribution in [3.05, 3.63) is 27.1 Å². The standard InChI is InChI=1S/C12H17N3O4S.ClH/c1-19-10-2-3-14(9(5-10)6-13)12(16)8-4-11(15(17)18)20-7-8;/h4,7,9-10H,2-3,5-6,13H2,1H3;1H. The van der Waals surface area contributed by atoms with Gasteiger partial charge in [0.05, 0.1) is 16.6 Å². The van der Waals surface area contributed by atoms with Crippen LogP contribution in [0.1, 0.15) is 23.2 Å². The van der Waals surface area contributed by atoms with E-state index in [2.05, 4.69) is 0 Å². The molecule has 1 aromatic rings. The first-order chi connectivity index (χ1) is 9.56. The number of carbonyl (C=O) groups excluding carboxylic acids is 1. The summed E-state index contributed by atoms with van der Waals surface area (Å²) >= 11 is 0.961. The minimum atomic E-state index is -0.487. The summed E-state index contributed by atoms with van der Waals surface area (Å²) in [6.07, 6.45) is 1.57. The van der Waals surface area contributed by atoms with Crippen molar-refractivity contribution in [2.45, 2.75) is 25.0 Å². The topological polar surface area (TPSA) is 98.7 Å². The van der Waals surface area contributed by atoms with Crippen molar-refractivity contribution in [3.63, 3.8) is 0 Å². The van der Waals surface area contributed by atoms with Crippen LogP contribution < -0.4 is 5.73 Å². The van der Waals surface area contributed by atoms with Gasteiger partial charge < -0.3 is 15.4 Å². The molecule has 1 fully saturated rings. The van der Waals surface area contributed by atoms with Crippen LogP contribution in [0.15, 0.2) is 11.4 Å². The van der Waals surface area contributed by atoms with E-state index in [-0.39, 0.29) is 35.5 Å². The number of amides is 1. The van der Waals surface area contributed by atoms with E-state index in [1.165, 1.54) is 11.4 Å². The van der Waals surface area contributed by atoms with Gasteiger partial charge in [0.1, 0.15) is 0 Å². The highest BCUT2D eigenvalue weighted by atomic mass is 35.5. The van der Waals surface area contributed by atoms with E-state index < -0.39 is 4.92 Å². The smallest absolute Gasteiger partial charge is 0.324 e. The van der Waals surface area contributed by atoms with Crippen molar-refractivity contribution in [2.24, 2.45) is 5.73 Å². The number of hydrogen-bond donors (Lipinski definition) is 1. The van der Waals surface area contributed by atoms with E-state index in [1.807, 2.05) is 0 Å². The Morgan fingerprint density at radius 1 is 1.67 bits per heavy atom. The lowest BCUT2D eigenvalue weighted by Gasteiger charge is -2.38. The van der Waals surface area contributed by atoms with Crippen LogP contribution in [0.4, 0.5) is 5.00 Å². The molecule has 0 aliphatic carbocycles. The normalized spacial score (nSPS) is 21.7. The number of nitrogens with zero attached hydrogens (tertiary/aromatic N) is 2. The van der Waals surface area contributed by atoms with Gasteiger partial charge in [-0.2, -0.15) is 0 Å². The molecule has 0 aromatic carbocycles. The van der Waals surface area contributed by atoms with Crippen LogP contribution in [-0.4, -0.2) is 48.1 Å². The average molecular weight is 336 g/mol. The van der Waals surface area contributed by atoms with Gasteiger partial charge in [0.2, 0.25) is 0 Å². The summed E-state index contributed by atoms with van der Waals surface area (Å²) in [5.74, 6) is -0.195. The third-order valence-corrected chi connectivity index (χ3v) is 4.43. The second kappa shape index (κ2) is 7.69. The molecule has 2 unspecified atom stereocenters. The molecule has 21 heavy (non-hydrogen) atoms. The molecule has 1 aliphatic rings. The number of thiophene rings is 1. The van der Waals surface area contributed by atoms with Crippen molar-refractivity contribution in [1.82, 2.24) is 4.90 Å². The number of hydrogen-bond acceptors (Lipinski definition) is 6. The number of rotatable bonds is 4. The lowest BCUT2D eigenvalue weighted by molar-refractivity contribution is -0.380. The van der Waals surface area contributed by atoms with E-state index in [0.717, 1.165) is 17.8 Å². The quantitative estimate of drug-likeness (QED) is 0.666. The molecular formula is C12H18ClN3O4S. The average Bonchev–Trinajstić information content (AvgIpc) is 2.95. The van der Waals surface area contributed by atoms with Crippen LogP contribution in [0.2, 0.25) is 0 Å². The summed E-state index contributed by atoms with van der Waals surface area (Å²) in [5.41, 5.74) is 6.08. The third-order valence-electron chi connectivity index (χ3n) is 3.55. The first kappa shape index (κ1) is 17.8. The van der Waals surface area contributed by atoms with E-state index >= 15 is 0 Å². The lowest BCUT2D eigenvalue weighted by Crippen LogP contribution is -2.51. The van der Waals surface area contributed by atoms with E-state index in [9.17, 15) is 14.9 Å². The minimum Gasteiger partial charge on any atom is -0.381 e. The first-order valence-electron chi connectivity index (χ1n) is 6.33. The summed E-state index contributed by atoms with van der Waals surface area (Å²) in [6, 6.07) is 1.24. The molecule has 9 heteroatoms. The Labute approximate surface area is 132 Å². The van der Waals surface area contributed by atoms with Crippen molar-refractivity contribution < 1.29 is 14.5 Å². The third kappa shape index (κ3) is 3.91. The molecule has 1 aliphatic heterocycles. The Morgan fingerprint density at radius 2 is 2.38 bits per heavy atom. The van der Waals surface area contributed by atoms with Gasteiger partial charge in [-0.05, 0) is 12.8 Å². The summed E-state index contributed by atoms with van der Waals surface area (Å²) in [7, 11) is 1.65. The number of likely N-dealkylation sites (tertiary alicyclic amines) is 1. The zero-order valence-electron chi connectivity index (χ0n) is 11.6. The second-order valence-corrected chi connectivity index (χ2v) is 5.59. The van der Waals surface area contributed by atoms with Gasteiger partial charge in [0.15, 0.2) is 0 Å². The molecule has 7 nitrogen and oxygen atoms in total. The SMILES string of the molecule is COC1CCN(C(=O)c2csc([N+](=O)[O-])c2)C(CN)C1.Cl. The number of halogens is 1. The van der Waals surface area contributed by atoms with Crippen LogP contribution in [0, 0.1) is 10.1 Å². The molecule has 2 N–H and O–H groups in total. The molecule has 0 saturated carbocycles. The van der Waals surface area contributed by atoms with Crippen LogP contribution in [0.5, 0.6) is 0 Å². The van der Waals surface area contributed by atoms with Gasteiger partial charge >= 0.3 is 5.00 Å². The molecule has 2 rings (SSSR count). The van der Waals surface area contributed by atoms with Crippen molar-refractivity contribution in [2.75, 3.05) is 20.2 Å². The molecule has 0 radical (unpaired) electrons. The Bertz CT molecular complexity index is 510. The highest BCUT2D eigenvalue weighted by Gasteiger charge is 2.32. The molecule has 1 amide bonds. The molecule has 1 aromatic heterocycles. The van der Waals surface area contributed by atoms with Crippen molar-refractivity contribution in [1.29, 1.82) is 0 Å². The van der Waals surface area contributed by atoms with Gasteiger partial charge in [0.25, 0.3) is 5.91 Å². The largest absolute Gasteiger partial charge is 0.381 e. The van der Waals surface area contributed by atoms with E-state index in [4.69, 9.17) is 10.5 Å². The Morgan fingerprint density at radius 3 is 2.90 bits per heavy atom. The molecule has 2 atom stereocenters. The Hall–Kier alpha value is -1.22. The maximum atomic E-state index is 12.4. The molecule has 2 heterocycles. The number of nitro groups is 1. The second-order valence-electron chi connectivity index (χ2n) is 4.70. The maximum absolute atomic E-state index is 12.4. The van der Waals surface area contributed by atoms with Gasteiger partial charge in [-0.15, -0.1) is 12.4 Å². The zero-order chi connectivity index (χ0) is 14.7. The van der Waals surface area contributed by atoms with E-state index in [0.29, 0.717) is 25.1 Å². The monoisotopic (exact) mass is 335 g/mol. The highest BCUT2D eigenvalue weighted by Crippen LogP contribution is 2.26. The van der Waals surface area contributed by atoms with Crippen molar-refractivity contribution in [3.8, 4) is 0 Å². The molecule has 1 saturated heterocycles. The number of piperidine rings is 1. The van der Waals surface area contributed by atoms with Crippen LogP contribution in [0.25, 0.3) is 0 Å². The fourth-order valence-electron chi connectivity index (χ4n) is 2.42. The van der Waals surface area contributed by atoms with Crippen molar-refractivity contribution >= 4 is 34.7 Å². The van der Waals surface area contributed by atoms with E-state index in [1.54, 1.807) is 12.0 Å². The summed E-state index contributed by atoms with van der Waals surface area (Å²) in [4.78, 5) is 24.3. The minimum absolute atomic E-state index is 0. The van der Waals surface area contributed by atoms with Gasteiger partial charge in [-0.3, -0.25) is 14.9 Å². The number of methoxy groups -OCH3 is 1. The van der Waals surface area contributed by atoms with Crippen LogP contribution in [0.3, 0.4) is 0 Å². The fourth-order valence-corrected chi connectivity index (χ4v) is 3.12. The lowest BCUT2D eigenvalue weighted by atomic mass is 9.98. The molecule has 118 valence electrons.